The van der Waals surface area contributed by atoms with E-state index >= 15 is 0 Å². The second kappa shape index (κ2) is 7.70. The Balaban J connectivity index is 0.000000185. The summed E-state index contributed by atoms with van der Waals surface area (Å²) in [6.07, 6.45) is 3.66. The third-order valence-electron chi connectivity index (χ3n) is 3.90. The van der Waals surface area contributed by atoms with Gasteiger partial charge in [-0.05, 0) is 99.2 Å². The lowest BCUT2D eigenvalue weighted by Crippen LogP contribution is -2.04. The number of aryl methyl sites for hydroxylation is 2. The molecule has 0 N–H and O–H groups in total. The minimum Gasteiger partial charge on any atom is -0.299 e. The van der Waals surface area contributed by atoms with Gasteiger partial charge in [-0.1, -0.05) is 12.2 Å². The molecule has 0 bridgehead atoms. The predicted octanol–water partition coefficient (Wildman–Crippen LogP) is 6.49. The summed E-state index contributed by atoms with van der Waals surface area (Å²) in [4.78, 5) is 11.2. The molecule has 1 unspecified atom stereocenters. The van der Waals surface area contributed by atoms with Crippen LogP contribution in [-0.2, 0) is 4.79 Å². The molecule has 0 radical (unpaired) electrons. The van der Waals surface area contributed by atoms with Crippen LogP contribution in [-0.4, -0.2) is 5.78 Å². The summed E-state index contributed by atoms with van der Waals surface area (Å²) in [7, 11) is 0. The SMILES string of the molecule is CC(=O)C1C=Cc2cc(Br)c(F)cc21.Cc1cc(F)c(Br)cc1C. The molecule has 1 atom stereocenters. The van der Waals surface area contributed by atoms with E-state index in [1.165, 1.54) is 19.1 Å². The summed E-state index contributed by atoms with van der Waals surface area (Å²) in [5.41, 5.74) is 3.77. The van der Waals surface area contributed by atoms with Crippen LogP contribution in [0, 0.1) is 25.5 Å². The Hall–Kier alpha value is -1.33. The zero-order valence-corrected chi connectivity index (χ0v) is 16.6. The van der Waals surface area contributed by atoms with Crippen LogP contribution >= 0.6 is 31.9 Å². The predicted molar refractivity (Wildman–Crippen MR) is 100 cm³/mol. The molecule has 5 heteroatoms. The number of fused-ring (bicyclic) bond motifs is 1. The fraction of sp³-hybridized carbons (Fsp3) is 0.211. The average molecular weight is 458 g/mol. The van der Waals surface area contributed by atoms with Gasteiger partial charge in [-0.2, -0.15) is 0 Å². The summed E-state index contributed by atoms with van der Waals surface area (Å²) in [6.45, 7) is 5.37. The average Bonchev–Trinajstić information content (AvgIpc) is 2.89. The summed E-state index contributed by atoms with van der Waals surface area (Å²) in [5, 5.41) is 0. The molecule has 2 aromatic carbocycles. The first-order valence-electron chi connectivity index (χ1n) is 7.30. The highest BCUT2D eigenvalue weighted by Crippen LogP contribution is 2.33. The maximum Gasteiger partial charge on any atom is 0.141 e. The molecule has 0 saturated carbocycles. The maximum atomic E-state index is 13.2. The molecular weight excluding hydrogens is 442 g/mol. The van der Waals surface area contributed by atoms with Gasteiger partial charge < -0.3 is 0 Å². The normalized spacial score (nSPS) is 14.9. The lowest BCUT2D eigenvalue weighted by Gasteiger charge is -2.07. The lowest BCUT2D eigenvalue weighted by atomic mass is 9.97. The van der Waals surface area contributed by atoms with Crippen LogP contribution in [0.3, 0.4) is 0 Å². The molecule has 0 aromatic heterocycles. The largest absolute Gasteiger partial charge is 0.299 e. The zero-order chi connectivity index (χ0) is 18.0. The van der Waals surface area contributed by atoms with E-state index in [9.17, 15) is 13.6 Å². The number of rotatable bonds is 1. The van der Waals surface area contributed by atoms with E-state index in [4.69, 9.17) is 0 Å². The smallest absolute Gasteiger partial charge is 0.141 e. The summed E-state index contributed by atoms with van der Waals surface area (Å²) in [6, 6.07) is 6.43. The molecular formula is C19H16Br2F2O. The van der Waals surface area contributed by atoms with Gasteiger partial charge in [0.2, 0.25) is 0 Å². The van der Waals surface area contributed by atoms with E-state index < -0.39 is 0 Å². The maximum absolute atomic E-state index is 13.2. The van der Waals surface area contributed by atoms with Crippen LogP contribution in [0.2, 0.25) is 0 Å². The molecule has 1 aliphatic carbocycles. The number of carbonyl (C=O) groups excluding carboxylic acids is 1. The molecule has 1 aliphatic rings. The third kappa shape index (κ3) is 4.19. The van der Waals surface area contributed by atoms with Crippen molar-refractivity contribution in [3.05, 3.63) is 73.2 Å². The Bertz CT molecular complexity index is 778. The first-order chi connectivity index (χ1) is 11.2. The molecule has 0 fully saturated rings. The second-order valence-corrected chi connectivity index (χ2v) is 7.40. The number of halogens is 4. The van der Waals surface area contributed by atoms with Crippen LogP contribution in [0.4, 0.5) is 8.78 Å². The number of hydrogen-bond acceptors (Lipinski definition) is 1. The Kier molecular flexibility index (Phi) is 6.10. The molecule has 3 rings (SSSR count). The Morgan fingerprint density at radius 2 is 1.50 bits per heavy atom. The Morgan fingerprint density at radius 1 is 0.958 bits per heavy atom. The molecule has 126 valence electrons. The third-order valence-corrected chi connectivity index (χ3v) is 5.12. The van der Waals surface area contributed by atoms with Crippen LogP contribution in [0.5, 0.6) is 0 Å². The van der Waals surface area contributed by atoms with Gasteiger partial charge in [-0.25, -0.2) is 8.78 Å². The second-order valence-electron chi connectivity index (χ2n) is 5.69. The molecule has 0 heterocycles. The Labute approximate surface area is 157 Å². The van der Waals surface area contributed by atoms with Crippen LogP contribution in [0.1, 0.15) is 35.1 Å². The van der Waals surface area contributed by atoms with Crippen molar-refractivity contribution < 1.29 is 13.6 Å². The minimum absolute atomic E-state index is 0.0433. The lowest BCUT2D eigenvalue weighted by molar-refractivity contribution is -0.117. The topological polar surface area (TPSA) is 17.1 Å². The monoisotopic (exact) mass is 456 g/mol. The van der Waals surface area contributed by atoms with Crippen molar-refractivity contribution in [2.45, 2.75) is 26.7 Å². The van der Waals surface area contributed by atoms with E-state index in [0.29, 0.717) is 8.95 Å². The van der Waals surface area contributed by atoms with Gasteiger partial charge in [0.1, 0.15) is 17.4 Å². The van der Waals surface area contributed by atoms with E-state index in [1.807, 2.05) is 19.9 Å². The van der Waals surface area contributed by atoms with Crippen molar-refractivity contribution in [2.24, 2.45) is 0 Å². The highest BCUT2D eigenvalue weighted by molar-refractivity contribution is 9.10. The van der Waals surface area contributed by atoms with Gasteiger partial charge in [-0.3, -0.25) is 4.79 Å². The molecule has 0 amide bonds. The van der Waals surface area contributed by atoms with Gasteiger partial charge in [0, 0.05) is 0 Å². The highest BCUT2D eigenvalue weighted by Gasteiger charge is 2.22. The van der Waals surface area contributed by atoms with Gasteiger partial charge in [0.15, 0.2) is 0 Å². The van der Waals surface area contributed by atoms with Gasteiger partial charge >= 0.3 is 0 Å². The fourth-order valence-electron chi connectivity index (χ4n) is 2.40. The number of allylic oxidation sites excluding steroid dienone is 1. The van der Waals surface area contributed by atoms with E-state index in [-0.39, 0.29) is 23.3 Å². The fourth-order valence-corrected chi connectivity index (χ4v) is 3.21. The highest BCUT2D eigenvalue weighted by atomic mass is 79.9. The number of ketones is 1. The first-order valence-corrected chi connectivity index (χ1v) is 8.89. The molecule has 0 spiro atoms. The van der Waals surface area contributed by atoms with Gasteiger partial charge in [-0.15, -0.1) is 0 Å². The zero-order valence-electron chi connectivity index (χ0n) is 13.5. The quantitative estimate of drug-likeness (QED) is 0.478. The standard InChI is InChI=1S/C11H8BrFO.C8H8BrF/c1-6(14)8-3-2-7-4-10(12)11(13)5-9(7)8;1-5-3-7(9)8(10)4-6(5)2/h2-5,8H,1H3;3-4H,1-2H3. The minimum atomic E-state index is -0.321. The first kappa shape index (κ1) is 19.0. The molecule has 1 nitrogen and oxygen atoms in total. The molecule has 2 aromatic rings. The van der Waals surface area contributed by atoms with Gasteiger partial charge in [0.25, 0.3) is 0 Å². The van der Waals surface area contributed by atoms with Crippen molar-refractivity contribution in [3.8, 4) is 0 Å². The Morgan fingerprint density at radius 3 is 2.08 bits per heavy atom. The van der Waals surface area contributed by atoms with Crippen molar-refractivity contribution in [1.29, 1.82) is 0 Å². The molecule has 0 saturated heterocycles. The number of carbonyl (C=O) groups is 1. The number of benzene rings is 2. The van der Waals surface area contributed by atoms with Crippen molar-refractivity contribution in [3.63, 3.8) is 0 Å². The van der Waals surface area contributed by atoms with E-state index in [1.54, 1.807) is 18.2 Å². The van der Waals surface area contributed by atoms with E-state index in [2.05, 4.69) is 31.9 Å². The molecule has 24 heavy (non-hydrogen) atoms. The van der Waals surface area contributed by atoms with Crippen molar-refractivity contribution in [2.75, 3.05) is 0 Å². The van der Waals surface area contributed by atoms with Crippen molar-refractivity contribution in [1.82, 2.24) is 0 Å². The summed E-state index contributed by atoms with van der Waals surface area (Å²) in [5.74, 6) is -0.740. The number of hydrogen-bond donors (Lipinski definition) is 0. The van der Waals surface area contributed by atoms with Gasteiger partial charge in [0.05, 0.1) is 14.9 Å². The van der Waals surface area contributed by atoms with Crippen molar-refractivity contribution >= 4 is 43.7 Å². The van der Waals surface area contributed by atoms with Crippen LogP contribution in [0.25, 0.3) is 6.08 Å². The van der Waals surface area contributed by atoms with Crippen LogP contribution < -0.4 is 0 Å². The summed E-state index contributed by atoms with van der Waals surface area (Å²) >= 11 is 6.22. The van der Waals surface area contributed by atoms with E-state index in [0.717, 1.165) is 22.3 Å². The van der Waals surface area contributed by atoms with Crippen LogP contribution in [0.15, 0.2) is 39.3 Å². The molecule has 0 aliphatic heterocycles. The summed E-state index contributed by atoms with van der Waals surface area (Å²) < 4.78 is 26.9. The number of Topliss-reactive ketones (excluding diaryl/α,β-unsaturated/α-hetero) is 1.